The van der Waals surface area contributed by atoms with E-state index in [2.05, 4.69) is 41.6 Å². The zero-order valence-electron chi connectivity index (χ0n) is 17.6. The van der Waals surface area contributed by atoms with Crippen molar-refractivity contribution in [1.82, 2.24) is 0 Å². The van der Waals surface area contributed by atoms with E-state index in [0.717, 1.165) is 12.4 Å². The fraction of sp³-hybridized carbons (Fsp3) is 0.762. The number of rotatable bonds is 15. The Hall–Kier alpha value is -1.02. The predicted octanol–water partition coefficient (Wildman–Crippen LogP) is 3.99. The highest BCUT2D eigenvalue weighted by Crippen LogP contribution is 2.12. The first-order valence-electron chi connectivity index (χ1n) is 10.8. The second kappa shape index (κ2) is 18.0. The lowest BCUT2D eigenvalue weighted by atomic mass is 10.0. The topological polar surface area (TPSA) is 112 Å². The largest absolute Gasteiger partial charge is 0.759 e. The molecule has 1 rings (SSSR count). The second-order valence-corrected chi connectivity index (χ2v) is 8.21. The molecule has 0 radical (unpaired) electrons. The van der Waals surface area contributed by atoms with Gasteiger partial charge in [-0.3, -0.25) is 14.2 Å². The van der Waals surface area contributed by atoms with Crippen molar-refractivity contribution < 1.29 is 27.8 Å². The lowest BCUT2D eigenvalue weighted by molar-refractivity contribution is -0.725. The van der Waals surface area contributed by atoms with Crippen LogP contribution in [0.4, 0.5) is 5.82 Å². The Morgan fingerprint density at radius 1 is 0.786 bits per heavy atom. The van der Waals surface area contributed by atoms with Crippen LogP contribution in [0.3, 0.4) is 0 Å². The average Bonchev–Trinajstić information content (AvgIpc) is 2.62. The van der Waals surface area contributed by atoms with Crippen molar-refractivity contribution in [2.45, 2.75) is 103 Å². The van der Waals surface area contributed by atoms with E-state index in [4.69, 9.17) is 17.5 Å². The summed E-state index contributed by atoms with van der Waals surface area (Å²) in [6.07, 6.45) is 22.1. The van der Waals surface area contributed by atoms with Crippen molar-refractivity contribution in [2.75, 3.05) is 0 Å². The normalized spacial score (nSPS) is 11.1. The second-order valence-electron chi connectivity index (χ2n) is 7.39. The minimum Gasteiger partial charge on any atom is -0.759 e. The van der Waals surface area contributed by atoms with E-state index in [1.165, 1.54) is 89.9 Å². The van der Waals surface area contributed by atoms with Crippen molar-refractivity contribution >= 4 is 16.2 Å². The molecule has 0 aliphatic rings. The smallest absolute Gasteiger partial charge is 0.363 e. The maximum Gasteiger partial charge on any atom is 0.363 e. The van der Waals surface area contributed by atoms with Gasteiger partial charge in [0.2, 0.25) is 0 Å². The number of nitrogens with zero attached hydrogens (tertiary/aromatic N) is 1. The van der Waals surface area contributed by atoms with E-state index in [-0.39, 0.29) is 0 Å². The zero-order chi connectivity index (χ0) is 21.1. The molecule has 0 spiro atoms. The average molecular weight is 417 g/mol. The van der Waals surface area contributed by atoms with E-state index in [0.29, 0.717) is 0 Å². The molecule has 0 amide bonds. The number of pyridine rings is 1. The molecule has 0 atom stereocenters. The van der Waals surface area contributed by atoms with Crippen molar-refractivity contribution in [3.63, 3.8) is 0 Å². The first-order valence-corrected chi connectivity index (χ1v) is 12.1. The molecule has 6 nitrogen and oxygen atoms in total. The summed E-state index contributed by atoms with van der Waals surface area (Å²) in [6, 6.07) is 6.24. The molecule has 0 aliphatic carbocycles. The van der Waals surface area contributed by atoms with Gasteiger partial charge >= 0.3 is 5.82 Å². The molecule has 0 bridgehead atoms. The van der Waals surface area contributed by atoms with E-state index in [1.54, 1.807) is 0 Å². The van der Waals surface area contributed by atoms with E-state index >= 15 is 0 Å². The number of hydrogen-bond donors (Lipinski definition) is 1. The summed E-state index contributed by atoms with van der Waals surface area (Å²) in [5, 5.41) is 0. The van der Waals surface area contributed by atoms with Gasteiger partial charge in [0.05, 0.1) is 6.07 Å². The van der Waals surface area contributed by atoms with Gasteiger partial charge in [-0.15, -0.1) is 0 Å². The van der Waals surface area contributed by atoms with Gasteiger partial charge in [-0.25, -0.2) is 0 Å². The first kappa shape index (κ1) is 27.0. The van der Waals surface area contributed by atoms with Gasteiger partial charge in [-0.2, -0.15) is 4.57 Å². The maximum absolute atomic E-state index is 8.52. The lowest BCUT2D eigenvalue weighted by Gasteiger charge is -2.06. The molecular weight excluding hydrogens is 376 g/mol. The Bertz CT molecular complexity index is 572. The van der Waals surface area contributed by atoms with Gasteiger partial charge in [0.25, 0.3) is 0 Å². The summed E-state index contributed by atoms with van der Waals surface area (Å²) in [7, 11) is -5.17. The molecule has 0 saturated heterocycles. The predicted molar refractivity (Wildman–Crippen MR) is 110 cm³/mol. The maximum atomic E-state index is 8.52. The lowest BCUT2D eigenvalue weighted by Crippen LogP contribution is -2.54. The fourth-order valence-corrected chi connectivity index (χ4v) is 3.21. The summed E-state index contributed by atoms with van der Waals surface area (Å²) >= 11 is 0. The van der Waals surface area contributed by atoms with Crippen LogP contribution in [0.25, 0.3) is 0 Å². The number of unbranched alkanes of at least 4 members (excludes halogenated alkanes) is 13. The highest BCUT2D eigenvalue weighted by Gasteiger charge is 2.06. The molecule has 28 heavy (non-hydrogen) atoms. The van der Waals surface area contributed by atoms with Gasteiger partial charge in [-0.1, -0.05) is 84.0 Å². The Morgan fingerprint density at radius 3 is 1.57 bits per heavy atom. The summed E-state index contributed by atoms with van der Waals surface area (Å²) in [5.41, 5.74) is 4.07. The third-order valence-electron chi connectivity index (χ3n) is 4.79. The Balaban J connectivity index is 0.00000129. The Labute approximate surface area is 172 Å². The summed E-state index contributed by atoms with van der Waals surface area (Å²) < 4.78 is 36.3. The molecule has 0 unspecified atom stereocenters. The molecule has 7 heteroatoms. The molecular formula is C21H40N2O4S. The van der Waals surface area contributed by atoms with Crippen LogP contribution in [0, 0.1) is 0 Å². The van der Waals surface area contributed by atoms with Crippen LogP contribution in [0.1, 0.15) is 96.8 Å². The molecule has 1 aromatic rings. The van der Waals surface area contributed by atoms with Crippen LogP contribution >= 0.6 is 0 Å². The SMILES string of the molecule is CCCCCCCCCCCCCCCC[n+]1ccccc1[NH3+].O=S(=O)([O-])[O-]. The molecule has 0 aromatic carbocycles. The van der Waals surface area contributed by atoms with Crippen LogP contribution in [0.2, 0.25) is 0 Å². The van der Waals surface area contributed by atoms with Crippen molar-refractivity contribution in [1.29, 1.82) is 0 Å². The molecule has 3 N–H and O–H groups in total. The highest BCUT2D eigenvalue weighted by atomic mass is 32.3. The number of hydrogen-bond acceptors (Lipinski definition) is 4. The van der Waals surface area contributed by atoms with Crippen LogP contribution in [0.5, 0.6) is 0 Å². The third-order valence-corrected chi connectivity index (χ3v) is 4.79. The monoisotopic (exact) mass is 416 g/mol. The Morgan fingerprint density at radius 2 is 1.18 bits per heavy atom. The molecule has 0 saturated carbocycles. The first-order chi connectivity index (χ1) is 13.3. The fourth-order valence-electron chi connectivity index (χ4n) is 3.21. The quantitative estimate of drug-likeness (QED) is 0.201. The minimum atomic E-state index is -5.17. The van der Waals surface area contributed by atoms with E-state index < -0.39 is 10.4 Å². The van der Waals surface area contributed by atoms with E-state index in [1.807, 2.05) is 0 Å². The molecule has 164 valence electrons. The van der Waals surface area contributed by atoms with Gasteiger partial charge in [0.15, 0.2) is 12.7 Å². The van der Waals surface area contributed by atoms with Crippen LogP contribution in [-0.4, -0.2) is 17.5 Å². The van der Waals surface area contributed by atoms with Crippen LogP contribution in [-0.2, 0) is 16.9 Å². The summed E-state index contributed by atoms with van der Waals surface area (Å²) in [5.74, 6) is 1.13. The van der Waals surface area contributed by atoms with Gasteiger partial charge in [-0.05, 0) is 12.5 Å². The highest BCUT2D eigenvalue weighted by molar-refractivity contribution is 7.79. The summed E-state index contributed by atoms with van der Waals surface area (Å²) in [6.45, 7) is 3.41. The Kier molecular flexibility index (Phi) is 17.4. The number of aromatic nitrogens is 1. The molecule has 0 fully saturated rings. The van der Waals surface area contributed by atoms with E-state index in [9.17, 15) is 0 Å². The van der Waals surface area contributed by atoms with Crippen LogP contribution in [0.15, 0.2) is 24.4 Å². The van der Waals surface area contributed by atoms with Crippen molar-refractivity contribution in [3.05, 3.63) is 24.4 Å². The van der Waals surface area contributed by atoms with Crippen molar-refractivity contribution in [3.8, 4) is 0 Å². The van der Waals surface area contributed by atoms with Gasteiger partial charge in [0.1, 0.15) is 0 Å². The molecule has 1 heterocycles. The minimum absolute atomic E-state index is 1.12. The van der Waals surface area contributed by atoms with Crippen molar-refractivity contribution in [2.24, 2.45) is 0 Å². The third kappa shape index (κ3) is 21.3. The molecule has 1 aromatic heterocycles. The van der Waals surface area contributed by atoms with Crippen LogP contribution < -0.4 is 10.3 Å². The standard InChI is InChI=1S/C21H38N2.H2O4S/c1-2-3-4-5-6-7-8-9-10-11-12-13-14-16-19-23-20-17-15-18-21(23)22;1-5(2,3)4/h15,17-18,20,22H,2-14,16,19H2,1H3;(H2,1,2,3,4). The van der Waals surface area contributed by atoms with Gasteiger partial charge < -0.3 is 9.11 Å². The number of aryl methyl sites for hydroxylation is 1. The summed E-state index contributed by atoms with van der Waals surface area (Å²) in [4.78, 5) is 0. The zero-order valence-corrected chi connectivity index (χ0v) is 18.4. The number of quaternary nitrogens is 1. The molecule has 0 aliphatic heterocycles. The van der Waals surface area contributed by atoms with Gasteiger partial charge in [0, 0.05) is 22.9 Å².